The normalized spacial score (nSPS) is 8.31. The van der Waals surface area contributed by atoms with Gasteiger partial charge in [0.25, 0.3) is 0 Å². The van der Waals surface area contributed by atoms with Crippen molar-refractivity contribution in [2.24, 2.45) is 5.73 Å². The van der Waals surface area contributed by atoms with Crippen LogP contribution in [0.4, 0.5) is 4.79 Å². The molecule has 5 nitrogen and oxygen atoms in total. The molecule has 0 bridgehead atoms. The zero-order valence-electron chi connectivity index (χ0n) is 6.90. The van der Waals surface area contributed by atoms with Crippen LogP contribution in [0.3, 0.4) is 0 Å². The molecule has 1 aromatic rings. The Morgan fingerprint density at radius 2 is 1.69 bits per heavy atom. The second-order valence-corrected chi connectivity index (χ2v) is 2.07. The maximum absolute atomic E-state index is 10.9. The van der Waals surface area contributed by atoms with E-state index in [2.05, 4.69) is 10.5 Å². The maximum Gasteiger partial charge on any atom is 0.412 e. The van der Waals surface area contributed by atoms with Gasteiger partial charge in [-0.1, -0.05) is 18.2 Å². The largest absolute Gasteiger partial charge is 0.412 e. The standard InChI is InChI=1S/C8H7NO3.H3N/c9-8(11)12-7(10)6-4-2-1-3-5-6;/h1-5H,(H2,9,11);1H3. The number of esters is 1. The first-order valence-electron chi connectivity index (χ1n) is 3.27. The van der Waals surface area contributed by atoms with Gasteiger partial charge in [-0.05, 0) is 12.1 Å². The Labute approximate surface area is 75.1 Å². The summed E-state index contributed by atoms with van der Waals surface area (Å²) in [6.07, 6.45) is -1.09. The minimum Gasteiger partial charge on any atom is -0.373 e. The molecule has 1 amide bonds. The van der Waals surface area contributed by atoms with Gasteiger partial charge in [0.1, 0.15) is 0 Å². The zero-order chi connectivity index (χ0) is 8.97. The number of nitrogens with two attached hydrogens (primary N) is 1. The van der Waals surface area contributed by atoms with Crippen LogP contribution in [-0.4, -0.2) is 12.1 Å². The van der Waals surface area contributed by atoms with Crippen molar-refractivity contribution in [3.8, 4) is 0 Å². The van der Waals surface area contributed by atoms with Crippen LogP contribution in [0, 0.1) is 0 Å². The van der Waals surface area contributed by atoms with Crippen molar-refractivity contribution in [2.75, 3.05) is 0 Å². The van der Waals surface area contributed by atoms with Gasteiger partial charge in [-0.15, -0.1) is 0 Å². The van der Waals surface area contributed by atoms with Crippen molar-refractivity contribution >= 4 is 12.1 Å². The van der Waals surface area contributed by atoms with Crippen LogP contribution in [0.25, 0.3) is 0 Å². The van der Waals surface area contributed by atoms with Gasteiger partial charge in [0.05, 0.1) is 5.56 Å². The van der Waals surface area contributed by atoms with E-state index in [-0.39, 0.29) is 6.15 Å². The molecular weight excluding hydrogens is 172 g/mol. The molecule has 0 aliphatic heterocycles. The molecule has 70 valence electrons. The molecule has 0 unspecified atom stereocenters. The van der Waals surface area contributed by atoms with Crippen LogP contribution in [-0.2, 0) is 4.74 Å². The molecule has 5 heteroatoms. The van der Waals surface area contributed by atoms with Crippen LogP contribution < -0.4 is 11.9 Å². The van der Waals surface area contributed by atoms with E-state index in [1.807, 2.05) is 0 Å². The molecule has 0 atom stereocenters. The average molecular weight is 182 g/mol. The van der Waals surface area contributed by atoms with Crippen LogP contribution in [0.15, 0.2) is 30.3 Å². The lowest BCUT2D eigenvalue weighted by molar-refractivity contribution is 0.0638. The minimum atomic E-state index is -1.09. The monoisotopic (exact) mass is 182 g/mol. The average Bonchev–Trinajstić information content (AvgIpc) is 2.05. The topological polar surface area (TPSA) is 104 Å². The van der Waals surface area contributed by atoms with E-state index in [1.165, 1.54) is 12.1 Å². The Morgan fingerprint density at radius 3 is 2.15 bits per heavy atom. The molecule has 1 aromatic carbocycles. The summed E-state index contributed by atoms with van der Waals surface area (Å²) in [5, 5.41) is 0. The molecule has 5 N–H and O–H groups in total. The predicted molar refractivity (Wildman–Crippen MR) is 46.5 cm³/mol. The van der Waals surface area contributed by atoms with E-state index in [0.717, 1.165) is 0 Å². The summed E-state index contributed by atoms with van der Waals surface area (Å²) in [6.45, 7) is 0. The highest BCUT2D eigenvalue weighted by Crippen LogP contribution is 2.00. The number of hydrogen-bond donors (Lipinski definition) is 2. The number of ether oxygens (including phenoxy) is 1. The Hall–Kier alpha value is -1.88. The molecule has 0 aliphatic rings. The number of carbonyl (C=O) groups is 2. The highest BCUT2D eigenvalue weighted by atomic mass is 16.6. The van der Waals surface area contributed by atoms with Crippen molar-refractivity contribution in [1.82, 2.24) is 6.15 Å². The molecular formula is C8H10N2O3. The van der Waals surface area contributed by atoms with Crippen LogP contribution in [0.1, 0.15) is 10.4 Å². The second kappa shape index (κ2) is 4.89. The number of primary amides is 1. The number of carbonyl (C=O) groups excluding carboxylic acids is 2. The first-order chi connectivity index (χ1) is 5.70. The van der Waals surface area contributed by atoms with Gasteiger partial charge in [-0.2, -0.15) is 0 Å². The van der Waals surface area contributed by atoms with Crippen molar-refractivity contribution in [2.45, 2.75) is 0 Å². The van der Waals surface area contributed by atoms with E-state index in [9.17, 15) is 9.59 Å². The third-order valence-electron chi connectivity index (χ3n) is 1.20. The van der Waals surface area contributed by atoms with Gasteiger partial charge in [0, 0.05) is 0 Å². The number of rotatable bonds is 1. The van der Waals surface area contributed by atoms with Gasteiger partial charge in [-0.3, -0.25) is 0 Å². The van der Waals surface area contributed by atoms with Gasteiger partial charge in [-0.25, -0.2) is 9.59 Å². The fourth-order valence-electron chi connectivity index (χ4n) is 0.725. The summed E-state index contributed by atoms with van der Waals surface area (Å²) in [7, 11) is 0. The molecule has 1 rings (SSSR count). The summed E-state index contributed by atoms with van der Waals surface area (Å²) in [5.74, 6) is -0.733. The molecule has 0 fully saturated rings. The zero-order valence-corrected chi connectivity index (χ0v) is 6.90. The van der Waals surface area contributed by atoms with Crippen LogP contribution >= 0.6 is 0 Å². The van der Waals surface area contributed by atoms with E-state index in [4.69, 9.17) is 0 Å². The van der Waals surface area contributed by atoms with Crippen molar-refractivity contribution < 1.29 is 14.3 Å². The first kappa shape index (κ1) is 11.1. The Kier molecular flexibility index (Phi) is 4.18. The predicted octanol–water partition coefficient (Wildman–Crippen LogP) is 1.08. The third-order valence-corrected chi connectivity index (χ3v) is 1.20. The molecule has 0 aliphatic carbocycles. The highest BCUT2D eigenvalue weighted by molar-refractivity contribution is 5.95. The van der Waals surface area contributed by atoms with Crippen molar-refractivity contribution in [1.29, 1.82) is 0 Å². The molecule has 0 radical (unpaired) electrons. The Morgan fingerprint density at radius 1 is 1.15 bits per heavy atom. The van der Waals surface area contributed by atoms with E-state index in [0.29, 0.717) is 5.56 Å². The lowest BCUT2D eigenvalue weighted by atomic mass is 10.2. The Bertz CT molecular complexity index is 298. The fraction of sp³-hybridized carbons (Fsp3) is 0. The van der Waals surface area contributed by atoms with Crippen molar-refractivity contribution in [3.05, 3.63) is 35.9 Å². The summed E-state index contributed by atoms with van der Waals surface area (Å²) in [6, 6.07) is 8.15. The summed E-state index contributed by atoms with van der Waals surface area (Å²) < 4.78 is 4.14. The number of benzene rings is 1. The lowest BCUT2D eigenvalue weighted by Gasteiger charge is -1.97. The van der Waals surface area contributed by atoms with E-state index < -0.39 is 12.1 Å². The SMILES string of the molecule is N.NC(=O)OC(=O)c1ccccc1. The quantitative estimate of drug-likeness (QED) is 0.500. The molecule has 13 heavy (non-hydrogen) atoms. The van der Waals surface area contributed by atoms with Crippen LogP contribution in [0.2, 0.25) is 0 Å². The van der Waals surface area contributed by atoms with Gasteiger partial charge in [0.2, 0.25) is 0 Å². The molecule has 0 heterocycles. The molecule has 0 saturated heterocycles. The van der Waals surface area contributed by atoms with Crippen LogP contribution in [0.5, 0.6) is 0 Å². The maximum atomic E-state index is 10.9. The number of amides is 1. The second-order valence-electron chi connectivity index (χ2n) is 2.07. The van der Waals surface area contributed by atoms with Gasteiger partial charge < -0.3 is 16.6 Å². The van der Waals surface area contributed by atoms with Gasteiger partial charge in [0.15, 0.2) is 0 Å². The highest BCUT2D eigenvalue weighted by Gasteiger charge is 2.08. The smallest absolute Gasteiger partial charge is 0.373 e. The molecule has 0 spiro atoms. The van der Waals surface area contributed by atoms with E-state index in [1.54, 1.807) is 18.2 Å². The lowest BCUT2D eigenvalue weighted by Crippen LogP contribution is -2.18. The minimum absolute atomic E-state index is 0. The number of hydrogen-bond acceptors (Lipinski definition) is 4. The molecule has 0 aromatic heterocycles. The summed E-state index contributed by atoms with van der Waals surface area (Å²) in [5.41, 5.74) is 4.95. The van der Waals surface area contributed by atoms with Gasteiger partial charge >= 0.3 is 12.1 Å². The first-order valence-corrected chi connectivity index (χ1v) is 3.27. The third kappa shape index (κ3) is 3.35. The summed E-state index contributed by atoms with van der Waals surface area (Å²) >= 11 is 0. The summed E-state index contributed by atoms with van der Waals surface area (Å²) in [4.78, 5) is 21.1. The molecule has 0 saturated carbocycles. The van der Waals surface area contributed by atoms with Crippen molar-refractivity contribution in [3.63, 3.8) is 0 Å². The Balaban J connectivity index is 0.00000144. The van der Waals surface area contributed by atoms with E-state index >= 15 is 0 Å². The fourth-order valence-corrected chi connectivity index (χ4v) is 0.725.